The van der Waals surface area contributed by atoms with Crippen molar-refractivity contribution >= 4 is 36.7 Å². The minimum atomic E-state index is -0.279. The summed E-state index contributed by atoms with van der Waals surface area (Å²) in [7, 11) is 0. The Labute approximate surface area is 169 Å². The number of esters is 1. The van der Waals surface area contributed by atoms with Crippen LogP contribution in [0.25, 0.3) is 0 Å². The predicted octanol–water partition coefficient (Wildman–Crippen LogP) is 1.85. The van der Waals surface area contributed by atoms with E-state index in [4.69, 9.17) is 4.74 Å². The summed E-state index contributed by atoms with van der Waals surface area (Å²) in [6.45, 7) is 8.58. The van der Waals surface area contributed by atoms with E-state index in [1.54, 1.807) is 0 Å². The Bertz CT molecular complexity index is 488. The number of piperidine rings is 2. The van der Waals surface area contributed by atoms with Crippen molar-refractivity contribution in [2.75, 3.05) is 39.3 Å². The summed E-state index contributed by atoms with van der Waals surface area (Å²) in [6, 6.07) is 0.864. The number of ether oxygens (including phenoxy) is 1. The lowest BCUT2D eigenvalue weighted by atomic mass is 9.76. The summed E-state index contributed by atoms with van der Waals surface area (Å²) < 4.78 is 5.04. The average Bonchev–Trinajstić information content (AvgIpc) is 2.79. The van der Waals surface area contributed by atoms with Gasteiger partial charge in [-0.15, -0.1) is 24.8 Å². The van der Waals surface area contributed by atoms with Crippen molar-refractivity contribution in [2.24, 2.45) is 5.41 Å². The minimum absolute atomic E-state index is 0. The smallest absolute Gasteiger partial charge is 0.302 e. The van der Waals surface area contributed by atoms with Gasteiger partial charge in [-0.25, -0.2) is 0 Å². The molecule has 0 radical (unpaired) electrons. The third kappa shape index (κ3) is 5.03. The molecule has 3 saturated heterocycles. The maximum absolute atomic E-state index is 13.1. The molecule has 0 bridgehead atoms. The Morgan fingerprint density at radius 1 is 1.31 bits per heavy atom. The monoisotopic (exact) mass is 409 g/mol. The van der Waals surface area contributed by atoms with Gasteiger partial charge in [0.1, 0.15) is 6.61 Å². The quantitative estimate of drug-likeness (QED) is 0.717. The highest BCUT2D eigenvalue weighted by molar-refractivity contribution is 5.86. The van der Waals surface area contributed by atoms with Crippen molar-refractivity contribution in [3.63, 3.8) is 0 Å². The van der Waals surface area contributed by atoms with Crippen LogP contribution < -0.4 is 5.32 Å². The molecule has 6 nitrogen and oxygen atoms in total. The highest BCUT2D eigenvalue weighted by atomic mass is 35.5. The number of likely N-dealkylation sites (tertiary alicyclic amines) is 2. The normalized spacial score (nSPS) is 30.0. The molecule has 0 aliphatic carbocycles. The molecule has 1 amide bonds. The summed E-state index contributed by atoms with van der Waals surface area (Å²) in [5.74, 6) is -0.000418. The number of halogens is 2. The van der Waals surface area contributed by atoms with Gasteiger partial charge in [0.2, 0.25) is 5.91 Å². The number of nitrogens with zero attached hydrogens (tertiary/aromatic N) is 2. The van der Waals surface area contributed by atoms with Gasteiger partial charge >= 0.3 is 5.97 Å². The standard InChI is InChI=1S/C18H31N3O3.2ClH/c1-14-12-18(17(23)21(14)10-11-24-15(2)22)6-3-9-20(13-18)16-4-7-19-8-5-16;;/h14,16,19H,3-13H2,1-2H3;2*1H. The number of carbonyl (C=O) groups is 2. The van der Waals surface area contributed by atoms with Crippen LogP contribution in [0.15, 0.2) is 0 Å². The lowest BCUT2D eigenvalue weighted by Crippen LogP contribution is -2.53. The van der Waals surface area contributed by atoms with Gasteiger partial charge in [0.25, 0.3) is 0 Å². The van der Waals surface area contributed by atoms with Crippen LogP contribution in [-0.4, -0.2) is 73.1 Å². The molecule has 3 aliphatic rings. The topological polar surface area (TPSA) is 61.9 Å². The zero-order valence-corrected chi connectivity index (χ0v) is 17.5. The first-order chi connectivity index (χ1) is 11.5. The van der Waals surface area contributed by atoms with E-state index < -0.39 is 0 Å². The second-order valence-corrected chi connectivity index (χ2v) is 7.73. The predicted molar refractivity (Wildman–Crippen MR) is 106 cm³/mol. The van der Waals surface area contributed by atoms with Crippen LogP contribution in [0.4, 0.5) is 0 Å². The molecule has 3 aliphatic heterocycles. The Balaban J connectivity index is 0.00000169. The average molecular weight is 410 g/mol. The minimum Gasteiger partial charge on any atom is -0.464 e. The fourth-order valence-electron chi connectivity index (χ4n) is 4.87. The lowest BCUT2D eigenvalue weighted by molar-refractivity contribution is -0.146. The number of rotatable bonds is 4. The van der Waals surface area contributed by atoms with E-state index in [9.17, 15) is 9.59 Å². The Hall–Kier alpha value is -0.560. The maximum atomic E-state index is 13.1. The molecule has 8 heteroatoms. The molecule has 2 atom stereocenters. The first kappa shape index (κ1) is 23.5. The molecule has 0 saturated carbocycles. The molecule has 1 spiro atoms. The second kappa shape index (κ2) is 10.1. The fourth-order valence-corrected chi connectivity index (χ4v) is 4.87. The Morgan fingerprint density at radius 3 is 2.65 bits per heavy atom. The van der Waals surface area contributed by atoms with Gasteiger partial charge in [-0.1, -0.05) is 0 Å². The van der Waals surface area contributed by atoms with Gasteiger partial charge in [0.15, 0.2) is 0 Å². The van der Waals surface area contributed by atoms with Gasteiger partial charge in [-0.05, 0) is 58.7 Å². The molecule has 3 rings (SSSR count). The van der Waals surface area contributed by atoms with Crippen LogP contribution in [0, 0.1) is 5.41 Å². The molecule has 3 heterocycles. The van der Waals surface area contributed by atoms with Gasteiger partial charge in [0.05, 0.1) is 12.0 Å². The Kier molecular flexibility index (Phi) is 9.13. The largest absolute Gasteiger partial charge is 0.464 e. The molecule has 26 heavy (non-hydrogen) atoms. The molecule has 1 N–H and O–H groups in total. The molecule has 0 aromatic rings. The van der Waals surface area contributed by atoms with Gasteiger partial charge < -0.3 is 15.0 Å². The van der Waals surface area contributed by atoms with Crippen molar-refractivity contribution < 1.29 is 14.3 Å². The van der Waals surface area contributed by atoms with Crippen molar-refractivity contribution in [3.05, 3.63) is 0 Å². The van der Waals surface area contributed by atoms with Gasteiger partial charge in [-0.2, -0.15) is 0 Å². The first-order valence-corrected chi connectivity index (χ1v) is 9.41. The van der Waals surface area contributed by atoms with E-state index in [-0.39, 0.29) is 48.1 Å². The third-order valence-electron chi connectivity index (χ3n) is 6.00. The van der Waals surface area contributed by atoms with E-state index in [0.717, 1.165) is 45.4 Å². The maximum Gasteiger partial charge on any atom is 0.302 e. The zero-order chi connectivity index (χ0) is 17.2. The molecule has 0 aromatic heterocycles. The van der Waals surface area contributed by atoms with Crippen LogP contribution >= 0.6 is 24.8 Å². The highest BCUT2D eigenvalue weighted by Crippen LogP contribution is 2.43. The molecular weight excluding hydrogens is 377 g/mol. The van der Waals surface area contributed by atoms with Crippen LogP contribution in [0.5, 0.6) is 0 Å². The van der Waals surface area contributed by atoms with Gasteiger partial charge in [-0.3, -0.25) is 14.5 Å². The third-order valence-corrected chi connectivity index (χ3v) is 6.00. The molecule has 0 aromatic carbocycles. The Morgan fingerprint density at radius 2 is 2.00 bits per heavy atom. The zero-order valence-electron chi connectivity index (χ0n) is 15.9. The van der Waals surface area contributed by atoms with Gasteiger partial charge in [0, 0.05) is 25.6 Å². The van der Waals surface area contributed by atoms with Crippen LogP contribution in [0.3, 0.4) is 0 Å². The van der Waals surface area contributed by atoms with Crippen molar-refractivity contribution in [1.29, 1.82) is 0 Å². The summed E-state index contributed by atoms with van der Waals surface area (Å²) in [5.41, 5.74) is -0.210. The summed E-state index contributed by atoms with van der Waals surface area (Å²) in [4.78, 5) is 28.6. The summed E-state index contributed by atoms with van der Waals surface area (Å²) >= 11 is 0. The van der Waals surface area contributed by atoms with E-state index in [0.29, 0.717) is 19.2 Å². The number of amides is 1. The molecule has 2 unspecified atom stereocenters. The van der Waals surface area contributed by atoms with Crippen LogP contribution in [-0.2, 0) is 14.3 Å². The molecule has 3 fully saturated rings. The number of hydrogen-bond acceptors (Lipinski definition) is 5. The molecular formula is C18H33Cl2N3O3. The molecule has 152 valence electrons. The number of carbonyl (C=O) groups excluding carboxylic acids is 2. The second-order valence-electron chi connectivity index (χ2n) is 7.73. The highest BCUT2D eigenvalue weighted by Gasteiger charge is 2.52. The van der Waals surface area contributed by atoms with E-state index in [2.05, 4.69) is 17.1 Å². The number of hydrogen-bond donors (Lipinski definition) is 1. The van der Waals surface area contributed by atoms with Crippen LogP contribution in [0.1, 0.15) is 46.0 Å². The fraction of sp³-hybridized carbons (Fsp3) is 0.889. The first-order valence-electron chi connectivity index (χ1n) is 9.41. The SMILES string of the molecule is CC(=O)OCCN1C(=O)C2(CCCN(C3CCNCC3)C2)CC1C.Cl.Cl. The summed E-state index contributed by atoms with van der Waals surface area (Å²) in [6.07, 6.45) is 5.43. The summed E-state index contributed by atoms with van der Waals surface area (Å²) in [5, 5.41) is 3.43. The van der Waals surface area contributed by atoms with Crippen molar-refractivity contribution in [2.45, 2.75) is 58.0 Å². The van der Waals surface area contributed by atoms with Crippen molar-refractivity contribution in [3.8, 4) is 0 Å². The van der Waals surface area contributed by atoms with E-state index >= 15 is 0 Å². The van der Waals surface area contributed by atoms with E-state index in [1.165, 1.54) is 19.8 Å². The van der Waals surface area contributed by atoms with Crippen LogP contribution in [0.2, 0.25) is 0 Å². The lowest BCUT2D eigenvalue weighted by Gasteiger charge is -2.44. The van der Waals surface area contributed by atoms with Crippen molar-refractivity contribution in [1.82, 2.24) is 15.1 Å². The number of nitrogens with one attached hydrogen (secondary N) is 1. The van der Waals surface area contributed by atoms with E-state index in [1.807, 2.05) is 4.90 Å².